The fraction of sp³-hybridized carbons (Fsp3) is 0.536. The molecular formula is C28H37N5O7. The van der Waals surface area contributed by atoms with Gasteiger partial charge in [0.25, 0.3) is 5.91 Å². The molecule has 2 atom stereocenters. The van der Waals surface area contributed by atoms with Crippen LogP contribution in [0.4, 0.5) is 0 Å². The van der Waals surface area contributed by atoms with Gasteiger partial charge in [-0.2, -0.15) is 0 Å². The van der Waals surface area contributed by atoms with Crippen molar-refractivity contribution in [3.05, 3.63) is 58.0 Å². The van der Waals surface area contributed by atoms with Crippen molar-refractivity contribution in [3.63, 3.8) is 0 Å². The molecule has 0 aliphatic carbocycles. The fourth-order valence-electron chi connectivity index (χ4n) is 4.43. The first-order valence-corrected chi connectivity index (χ1v) is 13.6. The second-order valence-corrected chi connectivity index (χ2v) is 9.71. The van der Waals surface area contributed by atoms with E-state index >= 15 is 0 Å². The van der Waals surface area contributed by atoms with Gasteiger partial charge < -0.3 is 29.4 Å². The van der Waals surface area contributed by atoms with E-state index in [4.69, 9.17) is 19.8 Å². The summed E-state index contributed by atoms with van der Waals surface area (Å²) in [5, 5.41) is 28.3. The lowest BCUT2D eigenvalue weighted by Gasteiger charge is -2.26. The molecule has 0 radical (unpaired) electrons. The molecule has 12 heteroatoms. The first-order valence-electron chi connectivity index (χ1n) is 13.6. The van der Waals surface area contributed by atoms with Crippen molar-refractivity contribution >= 4 is 17.6 Å². The number of phenols is 2. The van der Waals surface area contributed by atoms with E-state index in [2.05, 4.69) is 15.2 Å². The number of benzene rings is 1. The summed E-state index contributed by atoms with van der Waals surface area (Å²) in [5.41, 5.74) is 9.03. The number of carbonyl (C=O) groups is 2. The maximum Gasteiger partial charge on any atom is 0.342 e. The number of hydrogen-bond donors (Lipinski definition) is 2. The normalized spacial score (nSPS) is 22.8. The van der Waals surface area contributed by atoms with Gasteiger partial charge in [0.15, 0.2) is 6.61 Å². The monoisotopic (exact) mass is 555 g/mol. The number of hydrogen-bond acceptors (Lipinski definition) is 9. The molecule has 0 bridgehead atoms. The molecule has 1 saturated heterocycles. The average molecular weight is 556 g/mol. The smallest absolute Gasteiger partial charge is 0.342 e. The van der Waals surface area contributed by atoms with Crippen molar-refractivity contribution in [2.75, 3.05) is 32.8 Å². The Morgan fingerprint density at radius 1 is 1.20 bits per heavy atom. The topological polar surface area (TPSA) is 167 Å². The highest BCUT2D eigenvalue weighted by Crippen LogP contribution is 2.29. The second-order valence-electron chi connectivity index (χ2n) is 9.71. The fourth-order valence-corrected chi connectivity index (χ4v) is 4.43. The Morgan fingerprint density at radius 3 is 2.77 bits per heavy atom. The van der Waals surface area contributed by atoms with E-state index in [0.29, 0.717) is 56.8 Å². The number of nitrogens with zero attached hydrogens (tertiary/aromatic N) is 5. The molecule has 0 spiro atoms. The molecule has 2 heterocycles. The zero-order valence-electron chi connectivity index (χ0n) is 22.8. The van der Waals surface area contributed by atoms with Crippen LogP contribution in [0.25, 0.3) is 10.4 Å². The highest BCUT2D eigenvalue weighted by atomic mass is 16.6. The minimum absolute atomic E-state index is 0.0166. The Balaban J connectivity index is 1.84. The van der Waals surface area contributed by atoms with Crippen LogP contribution in [0.2, 0.25) is 0 Å². The molecule has 2 aliphatic rings. The number of azide groups is 1. The molecule has 0 saturated carbocycles. The lowest BCUT2D eigenvalue weighted by molar-refractivity contribution is -0.137. The van der Waals surface area contributed by atoms with Crippen molar-refractivity contribution in [1.82, 2.24) is 4.90 Å². The maximum atomic E-state index is 13.0. The van der Waals surface area contributed by atoms with Gasteiger partial charge in [0.1, 0.15) is 23.2 Å². The lowest BCUT2D eigenvalue weighted by atomic mass is 9.99. The highest BCUT2D eigenvalue weighted by molar-refractivity contribution is 6.00. The quantitative estimate of drug-likeness (QED) is 0.0901. The number of ether oxygens (including phenoxy) is 2. The van der Waals surface area contributed by atoms with E-state index in [-0.39, 0.29) is 36.4 Å². The third-order valence-electron chi connectivity index (χ3n) is 6.44. The van der Waals surface area contributed by atoms with Crippen LogP contribution < -0.4 is 0 Å². The number of cyclic esters (lactones) is 1. The summed E-state index contributed by atoms with van der Waals surface area (Å²) in [6, 6.07) is 2.45. The van der Waals surface area contributed by atoms with E-state index in [0.717, 1.165) is 25.3 Å². The molecule has 1 aromatic carbocycles. The molecule has 1 amide bonds. The van der Waals surface area contributed by atoms with E-state index in [1.165, 1.54) is 6.07 Å². The SMILES string of the molecule is C[C@@H]1C/C=C/C(OCCCN=[N+]=[N-])C/C=C/C(=N/OCC(=O)N2CCCCC2)Cc2cc(O)cc(O)c2C(=O)O1. The van der Waals surface area contributed by atoms with Crippen molar-refractivity contribution in [3.8, 4) is 11.5 Å². The summed E-state index contributed by atoms with van der Waals surface area (Å²) >= 11 is 0. The minimum Gasteiger partial charge on any atom is -0.508 e. The third-order valence-corrected chi connectivity index (χ3v) is 6.44. The van der Waals surface area contributed by atoms with Crippen LogP contribution in [0.1, 0.15) is 61.4 Å². The average Bonchev–Trinajstić information content (AvgIpc) is 2.92. The zero-order valence-corrected chi connectivity index (χ0v) is 22.8. The number of amides is 1. The standard InChI is InChI=1S/C28H37N5O7/c1-20-8-5-10-24(38-15-7-12-30-32-29)11-6-9-22(31-39-19-26(36)33-13-3-2-4-14-33)16-21-17-23(34)18-25(35)27(21)28(37)40-20/h5-6,9-10,17-18,20,24,34-35H,2-4,7-8,11-16,19H2,1H3/b9-6+,10-5+,31-22-/t20-,24?/m1/s1. The van der Waals surface area contributed by atoms with Crippen molar-refractivity contribution in [2.45, 2.75) is 64.1 Å². The number of phenolic OH excluding ortho intramolecular Hbond substituents is 2. The minimum atomic E-state index is -0.735. The molecule has 12 nitrogen and oxygen atoms in total. The summed E-state index contributed by atoms with van der Waals surface area (Å²) in [6.07, 6.45) is 11.0. The summed E-state index contributed by atoms with van der Waals surface area (Å²) < 4.78 is 11.5. The van der Waals surface area contributed by atoms with Crippen molar-refractivity contribution in [2.24, 2.45) is 10.3 Å². The van der Waals surface area contributed by atoms with E-state index in [1.807, 2.05) is 18.2 Å². The molecule has 0 aromatic heterocycles. The van der Waals surface area contributed by atoms with Crippen LogP contribution >= 0.6 is 0 Å². The van der Waals surface area contributed by atoms with Crippen LogP contribution in [-0.4, -0.2) is 77.8 Å². The highest BCUT2D eigenvalue weighted by Gasteiger charge is 2.23. The van der Waals surface area contributed by atoms with Crippen LogP contribution in [0.5, 0.6) is 11.5 Å². The number of carbonyl (C=O) groups excluding carboxylic acids is 2. The van der Waals surface area contributed by atoms with Gasteiger partial charge in [-0.15, -0.1) is 0 Å². The van der Waals surface area contributed by atoms with Crippen molar-refractivity contribution in [1.29, 1.82) is 0 Å². The largest absolute Gasteiger partial charge is 0.508 e. The third kappa shape index (κ3) is 9.94. The molecule has 216 valence electrons. The van der Waals surface area contributed by atoms with Gasteiger partial charge in [-0.05, 0) is 62.3 Å². The number of piperidine rings is 1. The van der Waals surface area contributed by atoms with Gasteiger partial charge in [-0.25, -0.2) is 4.79 Å². The molecule has 40 heavy (non-hydrogen) atoms. The number of aromatic hydroxyl groups is 2. The number of rotatable bonds is 8. The summed E-state index contributed by atoms with van der Waals surface area (Å²) in [5.74, 6) is -1.52. The summed E-state index contributed by atoms with van der Waals surface area (Å²) in [4.78, 5) is 35.5. The molecule has 2 N–H and O–H groups in total. The van der Waals surface area contributed by atoms with E-state index < -0.39 is 17.8 Å². The van der Waals surface area contributed by atoms with Crippen LogP contribution in [0, 0.1) is 0 Å². The molecule has 1 fully saturated rings. The Hall–Kier alpha value is -4.02. The zero-order chi connectivity index (χ0) is 28.7. The van der Waals surface area contributed by atoms with Gasteiger partial charge in [-0.1, -0.05) is 28.5 Å². The summed E-state index contributed by atoms with van der Waals surface area (Å²) in [6.45, 7) is 3.63. The van der Waals surface area contributed by atoms with Crippen LogP contribution in [-0.2, 0) is 25.5 Å². The van der Waals surface area contributed by atoms with Gasteiger partial charge in [0.2, 0.25) is 0 Å². The number of fused-ring (bicyclic) bond motifs is 1. The first-order chi connectivity index (χ1) is 19.4. The summed E-state index contributed by atoms with van der Waals surface area (Å²) in [7, 11) is 0. The van der Waals surface area contributed by atoms with Gasteiger partial charge in [-0.3, -0.25) is 4.79 Å². The Bertz CT molecular complexity index is 1150. The maximum absolute atomic E-state index is 13.0. The van der Waals surface area contributed by atoms with Crippen molar-refractivity contribution < 1.29 is 34.1 Å². The molecule has 1 aromatic rings. The predicted octanol–water partition coefficient (Wildman–Crippen LogP) is 4.56. The van der Waals surface area contributed by atoms with Gasteiger partial charge in [0.05, 0.1) is 11.8 Å². The second kappa shape index (κ2) is 16.2. The van der Waals surface area contributed by atoms with Crippen LogP contribution in [0.3, 0.4) is 0 Å². The van der Waals surface area contributed by atoms with Gasteiger partial charge in [0, 0.05) is 50.1 Å². The lowest BCUT2D eigenvalue weighted by Crippen LogP contribution is -2.37. The Kier molecular flexibility index (Phi) is 12.3. The molecule has 3 rings (SSSR count). The predicted molar refractivity (Wildman–Crippen MR) is 148 cm³/mol. The molecular weight excluding hydrogens is 518 g/mol. The number of esters is 1. The van der Waals surface area contributed by atoms with E-state index in [9.17, 15) is 19.8 Å². The number of allylic oxidation sites excluding steroid dienone is 1. The van der Waals surface area contributed by atoms with Crippen LogP contribution in [0.15, 0.2) is 46.7 Å². The molecule has 1 unspecified atom stereocenters. The van der Waals surface area contributed by atoms with Gasteiger partial charge >= 0.3 is 5.97 Å². The Morgan fingerprint density at radius 2 is 2.00 bits per heavy atom. The Labute approximate surface area is 233 Å². The first kappa shape index (κ1) is 30.5. The number of oxime groups is 1. The number of likely N-dealkylation sites (tertiary alicyclic amines) is 1. The van der Waals surface area contributed by atoms with E-state index in [1.54, 1.807) is 17.9 Å². The molecule has 2 aliphatic heterocycles.